The second-order valence-electron chi connectivity index (χ2n) is 5.90. The Bertz CT molecular complexity index is 673. The third kappa shape index (κ3) is 1.69. The molecule has 20 heavy (non-hydrogen) atoms. The smallest absolute Gasteiger partial charge is 0.256 e. The Hall–Kier alpha value is -1.78. The molecular formula is C15H15F2N3. The summed E-state index contributed by atoms with van der Waals surface area (Å²) >= 11 is 0. The fraction of sp³-hybridized carbons (Fsp3) is 0.467. The molecule has 104 valence electrons. The number of anilines is 1. The van der Waals surface area contributed by atoms with Gasteiger partial charge in [-0.25, -0.2) is 13.8 Å². The van der Waals surface area contributed by atoms with Gasteiger partial charge in [-0.15, -0.1) is 0 Å². The molecule has 1 atom stereocenters. The van der Waals surface area contributed by atoms with Crippen molar-refractivity contribution in [2.45, 2.75) is 25.2 Å². The fourth-order valence-electron chi connectivity index (χ4n) is 3.25. The molecule has 0 bridgehead atoms. The van der Waals surface area contributed by atoms with E-state index in [4.69, 9.17) is 0 Å². The normalized spacial score (nSPS) is 28.0. The van der Waals surface area contributed by atoms with Gasteiger partial charge in [0.25, 0.3) is 5.92 Å². The second kappa shape index (κ2) is 3.87. The summed E-state index contributed by atoms with van der Waals surface area (Å²) in [5.41, 5.74) is 0.838. The van der Waals surface area contributed by atoms with Crippen molar-refractivity contribution in [3.8, 4) is 0 Å². The van der Waals surface area contributed by atoms with E-state index in [1.165, 1.54) is 0 Å². The third-order valence-electron chi connectivity index (χ3n) is 4.55. The SMILES string of the molecule is FC1(F)CC12CCCN(c1cnc3ccccc3n1)C2. The highest BCUT2D eigenvalue weighted by Gasteiger charge is 2.71. The van der Waals surface area contributed by atoms with Crippen molar-refractivity contribution in [3.63, 3.8) is 0 Å². The molecule has 1 aliphatic carbocycles. The minimum Gasteiger partial charge on any atom is -0.355 e. The molecule has 1 aromatic carbocycles. The Morgan fingerprint density at radius 3 is 2.65 bits per heavy atom. The minimum absolute atomic E-state index is 0.0253. The van der Waals surface area contributed by atoms with Crippen LogP contribution in [0, 0.1) is 5.41 Å². The maximum Gasteiger partial charge on any atom is 0.256 e. The molecule has 1 aliphatic heterocycles. The van der Waals surface area contributed by atoms with Gasteiger partial charge in [-0.05, 0) is 25.0 Å². The molecule has 5 heteroatoms. The van der Waals surface area contributed by atoms with E-state index in [1.807, 2.05) is 29.2 Å². The van der Waals surface area contributed by atoms with Crippen LogP contribution in [0.5, 0.6) is 0 Å². The average molecular weight is 275 g/mol. The molecule has 0 radical (unpaired) electrons. The van der Waals surface area contributed by atoms with Gasteiger partial charge in [0.15, 0.2) is 0 Å². The maximum atomic E-state index is 13.6. The van der Waals surface area contributed by atoms with Crippen LogP contribution >= 0.6 is 0 Å². The second-order valence-corrected chi connectivity index (χ2v) is 5.90. The van der Waals surface area contributed by atoms with E-state index in [0.29, 0.717) is 18.8 Å². The zero-order chi connectivity index (χ0) is 13.8. The monoisotopic (exact) mass is 275 g/mol. The molecule has 1 spiro atoms. The maximum absolute atomic E-state index is 13.6. The Balaban J connectivity index is 1.66. The van der Waals surface area contributed by atoms with E-state index in [9.17, 15) is 8.78 Å². The van der Waals surface area contributed by atoms with Crippen LogP contribution in [-0.4, -0.2) is 29.0 Å². The van der Waals surface area contributed by atoms with Crippen molar-refractivity contribution in [2.24, 2.45) is 5.41 Å². The summed E-state index contributed by atoms with van der Waals surface area (Å²) in [6, 6.07) is 7.63. The molecule has 1 aromatic heterocycles. The largest absolute Gasteiger partial charge is 0.355 e. The van der Waals surface area contributed by atoms with Crippen molar-refractivity contribution < 1.29 is 8.78 Å². The molecule has 2 fully saturated rings. The quantitative estimate of drug-likeness (QED) is 0.800. The van der Waals surface area contributed by atoms with Crippen LogP contribution in [0.4, 0.5) is 14.6 Å². The lowest BCUT2D eigenvalue weighted by Crippen LogP contribution is -2.39. The molecule has 1 saturated carbocycles. The van der Waals surface area contributed by atoms with Gasteiger partial charge < -0.3 is 4.90 Å². The first kappa shape index (κ1) is 12.0. The first-order valence-electron chi connectivity index (χ1n) is 6.94. The molecule has 1 unspecified atom stereocenters. The van der Waals surface area contributed by atoms with Gasteiger partial charge in [-0.1, -0.05) is 12.1 Å². The Morgan fingerprint density at radius 2 is 1.90 bits per heavy atom. The lowest BCUT2D eigenvalue weighted by Gasteiger charge is -2.33. The Kier molecular flexibility index (Phi) is 2.32. The highest BCUT2D eigenvalue weighted by Crippen LogP contribution is 2.64. The number of hydrogen-bond acceptors (Lipinski definition) is 3. The van der Waals surface area contributed by atoms with Gasteiger partial charge in [0.05, 0.1) is 22.6 Å². The number of alkyl halides is 2. The number of piperidine rings is 1. The standard InChI is InChI=1S/C15H15F2N3/c16-15(17)9-14(15)6-3-7-20(10-14)13-8-18-11-4-1-2-5-12(11)19-13/h1-2,4-5,8H,3,6-7,9-10H2. The number of rotatable bonds is 1. The highest BCUT2D eigenvalue weighted by molar-refractivity contribution is 5.75. The molecule has 3 nitrogen and oxygen atoms in total. The lowest BCUT2D eigenvalue weighted by atomic mass is 9.94. The zero-order valence-electron chi connectivity index (χ0n) is 11.0. The predicted octanol–water partition coefficient (Wildman–Crippen LogP) is 3.26. The predicted molar refractivity (Wildman–Crippen MR) is 73.0 cm³/mol. The van der Waals surface area contributed by atoms with Gasteiger partial charge in [0.1, 0.15) is 5.82 Å². The first-order valence-corrected chi connectivity index (χ1v) is 6.94. The molecule has 2 aromatic rings. The molecule has 2 heterocycles. The minimum atomic E-state index is -2.49. The van der Waals surface area contributed by atoms with E-state index in [0.717, 1.165) is 24.0 Å². The molecular weight excluding hydrogens is 260 g/mol. The topological polar surface area (TPSA) is 29.0 Å². The van der Waals surface area contributed by atoms with Crippen molar-refractivity contribution in [3.05, 3.63) is 30.5 Å². The summed E-state index contributed by atoms with van der Waals surface area (Å²) in [6.45, 7) is 1.18. The molecule has 1 saturated heterocycles. The zero-order valence-corrected chi connectivity index (χ0v) is 11.0. The van der Waals surface area contributed by atoms with Crippen LogP contribution in [0.15, 0.2) is 30.5 Å². The van der Waals surface area contributed by atoms with Crippen LogP contribution in [0.1, 0.15) is 19.3 Å². The molecule has 2 aliphatic rings. The summed E-state index contributed by atoms with van der Waals surface area (Å²) in [7, 11) is 0. The summed E-state index contributed by atoms with van der Waals surface area (Å²) in [5, 5.41) is 0. The lowest BCUT2D eigenvalue weighted by molar-refractivity contribution is 0.0575. The van der Waals surface area contributed by atoms with Crippen LogP contribution in [0.2, 0.25) is 0 Å². The summed E-state index contributed by atoms with van der Waals surface area (Å²) in [4.78, 5) is 10.9. The first-order chi connectivity index (χ1) is 9.60. The van der Waals surface area contributed by atoms with Crippen molar-refractivity contribution in [1.29, 1.82) is 0 Å². The summed E-state index contributed by atoms with van der Waals surface area (Å²) in [6.07, 6.45) is 3.14. The molecule has 0 amide bonds. The van der Waals surface area contributed by atoms with Crippen LogP contribution < -0.4 is 4.90 Å². The van der Waals surface area contributed by atoms with Gasteiger partial charge in [-0.2, -0.15) is 0 Å². The summed E-state index contributed by atoms with van der Waals surface area (Å²) in [5.74, 6) is -1.78. The van der Waals surface area contributed by atoms with E-state index < -0.39 is 11.3 Å². The van der Waals surface area contributed by atoms with Crippen LogP contribution in [-0.2, 0) is 0 Å². The molecule has 0 N–H and O–H groups in total. The van der Waals surface area contributed by atoms with Crippen LogP contribution in [0.3, 0.4) is 0 Å². The number of benzene rings is 1. The molecule has 4 rings (SSSR count). The van der Waals surface area contributed by atoms with Gasteiger partial charge in [0.2, 0.25) is 0 Å². The van der Waals surface area contributed by atoms with E-state index in [2.05, 4.69) is 9.97 Å². The van der Waals surface area contributed by atoms with Gasteiger partial charge in [0, 0.05) is 19.5 Å². The number of fused-ring (bicyclic) bond motifs is 1. The van der Waals surface area contributed by atoms with Gasteiger partial charge in [-0.3, -0.25) is 4.98 Å². The average Bonchev–Trinajstić information content (AvgIpc) is 2.98. The number of halogens is 2. The van der Waals surface area contributed by atoms with E-state index >= 15 is 0 Å². The third-order valence-corrected chi connectivity index (χ3v) is 4.55. The fourth-order valence-corrected chi connectivity index (χ4v) is 3.25. The number of para-hydroxylation sites is 2. The Morgan fingerprint density at radius 1 is 1.15 bits per heavy atom. The van der Waals surface area contributed by atoms with Crippen molar-refractivity contribution in [1.82, 2.24) is 9.97 Å². The number of hydrogen-bond donors (Lipinski definition) is 0. The number of aromatic nitrogens is 2. The summed E-state index contributed by atoms with van der Waals surface area (Å²) < 4.78 is 27.1. The van der Waals surface area contributed by atoms with E-state index in [1.54, 1.807) is 6.20 Å². The van der Waals surface area contributed by atoms with Crippen molar-refractivity contribution >= 4 is 16.9 Å². The van der Waals surface area contributed by atoms with E-state index in [-0.39, 0.29) is 6.42 Å². The van der Waals surface area contributed by atoms with Crippen molar-refractivity contribution in [2.75, 3.05) is 18.0 Å². The number of nitrogens with zero attached hydrogens (tertiary/aromatic N) is 3. The van der Waals surface area contributed by atoms with Gasteiger partial charge >= 0.3 is 0 Å². The Labute approximate surface area is 115 Å². The van der Waals surface area contributed by atoms with Crippen LogP contribution in [0.25, 0.3) is 11.0 Å². The highest BCUT2D eigenvalue weighted by atomic mass is 19.3.